The van der Waals surface area contributed by atoms with Crippen molar-refractivity contribution in [2.24, 2.45) is 5.14 Å². The summed E-state index contributed by atoms with van der Waals surface area (Å²) in [5.41, 5.74) is -0.926. The lowest BCUT2D eigenvalue weighted by molar-refractivity contribution is 0.141. The fourth-order valence-corrected chi connectivity index (χ4v) is 1.35. The normalized spacial score (nSPS) is 12.0. The molecule has 72 valence electrons. The van der Waals surface area contributed by atoms with Gasteiger partial charge in [0, 0.05) is 12.4 Å². The second kappa shape index (κ2) is 3.30. The Kier molecular flexibility index (Phi) is 2.52. The molecule has 0 unspecified atom stereocenters. The van der Waals surface area contributed by atoms with Crippen LogP contribution in [0.1, 0.15) is 12.1 Å². The number of alkyl halides is 2. The van der Waals surface area contributed by atoms with Crippen LogP contribution < -0.4 is 5.14 Å². The average molecular weight is 209 g/mol. The van der Waals surface area contributed by atoms with Gasteiger partial charge in [-0.15, -0.1) is 0 Å². The number of rotatable bonds is 2. The van der Waals surface area contributed by atoms with Gasteiger partial charge in [0.1, 0.15) is 5.69 Å². The standard InChI is InChI=1S/C5H5F2N3O2S/c6-4(7)3-5(13(8,11)12)10-2-1-9-3/h1-2,4H,(H2,8,11,12). The molecule has 0 aromatic carbocycles. The maximum Gasteiger partial charge on any atom is 0.283 e. The number of sulfonamides is 1. The molecule has 1 aromatic rings. The van der Waals surface area contributed by atoms with E-state index in [0.29, 0.717) is 0 Å². The molecule has 0 aliphatic rings. The first kappa shape index (κ1) is 9.93. The lowest BCUT2D eigenvalue weighted by Crippen LogP contribution is -2.17. The second-order valence-electron chi connectivity index (χ2n) is 2.09. The number of hydrogen-bond donors (Lipinski definition) is 1. The Labute approximate surface area is 72.7 Å². The van der Waals surface area contributed by atoms with E-state index >= 15 is 0 Å². The molecule has 0 fully saturated rings. The molecule has 0 atom stereocenters. The first-order valence-corrected chi connectivity index (χ1v) is 4.59. The lowest BCUT2D eigenvalue weighted by atomic mass is 10.5. The van der Waals surface area contributed by atoms with E-state index in [2.05, 4.69) is 15.1 Å². The molecule has 0 saturated carbocycles. The van der Waals surface area contributed by atoms with Gasteiger partial charge >= 0.3 is 0 Å². The van der Waals surface area contributed by atoms with Crippen LogP contribution in [-0.2, 0) is 10.0 Å². The molecule has 0 aliphatic carbocycles. The molecule has 2 N–H and O–H groups in total. The van der Waals surface area contributed by atoms with Crippen molar-refractivity contribution in [1.82, 2.24) is 9.97 Å². The minimum absolute atomic E-state index is 0.884. The Hall–Kier alpha value is -1.15. The summed E-state index contributed by atoms with van der Waals surface area (Å²) in [4.78, 5) is 6.39. The Morgan fingerprint density at radius 2 is 1.85 bits per heavy atom. The highest BCUT2D eigenvalue weighted by atomic mass is 32.2. The first-order chi connectivity index (χ1) is 5.93. The van der Waals surface area contributed by atoms with Crippen LogP contribution >= 0.6 is 0 Å². The van der Waals surface area contributed by atoms with Crippen molar-refractivity contribution >= 4 is 10.0 Å². The Morgan fingerprint density at radius 1 is 1.31 bits per heavy atom. The topological polar surface area (TPSA) is 85.9 Å². The minimum Gasteiger partial charge on any atom is -0.251 e. The van der Waals surface area contributed by atoms with Crippen molar-refractivity contribution in [3.05, 3.63) is 18.1 Å². The first-order valence-electron chi connectivity index (χ1n) is 3.05. The number of primary sulfonamides is 1. The van der Waals surface area contributed by atoms with E-state index in [1.54, 1.807) is 0 Å². The van der Waals surface area contributed by atoms with E-state index < -0.39 is 27.2 Å². The van der Waals surface area contributed by atoms with Crippen LogP contribution in [0.15, 0.2) is 17.4 Å². The average Bonchev–Trinajstić information content (AvgIpc) is 2.03. The molecule has 8 heteroatoms. The molecule has 13 heavy (non-hydrogen) atoms. The van der Waals surface area contributed by atoms with Crippen molar-refractivity contribution in [3.8, 4) is 0 Å². The van der Waals surface area contributed by atoms with Gasteiger partial charge in [-0.3, -0.25) is 4.98 Å². The Bertz CT molecular complexity index is 406. The van der Waals surface area contributed by atoms with Crippen LogP contribution in [0.2, 0.25) is 0 Å². The summed E-state index contributed by atoms with van der Waals surface area (Å²) < 4.78 is 45.7. The van der Waals surface area contributed by atoms with E-state index in [1.807, 2.05) is 0 Å². The van der Waals surface area contributed by atoms with Gasteiger partial charge < -0.3 is 0 Å². The summed E-state index contributed by atoms with van der Waals surface area (Å²) in [6.45, 7) is 0. The fourth-order valence-electron chi connectivity index (χ4n) is 0.705. The third-order valence-electron chi connectivity index (χ3n) is 1.17. The van der Waals surface area contributed by atoms with E-state index in [9.17, 15) is 17.2 Å². The minimum atomic E-state index is -4.23. The molecule has 5 nitrogen and oxygen atoms in total. The van der Waals surface area contributed by atoms with E-state index in [4.69, 9.17) is 0 Å². The molecular weight excluding hydrogens is 204 g/mol. The van der Waals surface area contributed by atoms with Gasteiger partial charge in [0.2, 0.25) is 0 Å². The van der Waals surface area contributed by atoms with Crippen molar-refractivity contribution in [2.45, 2.75) is 11.5 Å². The maximum atomic E-state index is 12.1. The van der Waals surface area contributed by atoms with Crippen molar-refractivity contribution in [3.63, 3.8) is 0 Å². The van der Waals surface area contributed by atoms with Crippen molar-refractivity contribution < 1.29 is 17.2 Å². The smallest absolute Gasteiger partial charge is 0.251 e. The maximum absolute atomic E-state index is 12.1. The lowest BCUT2D eigenvalue weighted by Gasteiger charge is -2.02. The molecule has 0 aliphatic heterocycles. The Balaban J connectivity index is 3.37. The summed E-state index contributed by atoms with van der Waals surface area (Å²) in [5, 5.41) is 3.75. The molecule has 0 spiro atoms. The van der Waals surface area contributed by atoms with Gasteiger partial charge in [0.05, 0.1) is 0 Å². The number of nitrogens with two attached hydrogens (primary N) is 1. The molecule has 0 radical (unpaired) electrons. The predicted octanol–water partition coefficient (Wildman–Crippen LogP) is 0.0616. The van der Waals surface area contributed by atoms with Crippen molar-refractivity contribution in [1.29, 1.82) is 0 Å². The Morgan fingerprint density at radius 3 is 2.23 bits per heavy atom. The predicted molar refractivity (Wildman–Crippen MR) is 38.4 cm³/mol. The largest absolute Gasteiger partial charge is 0.283 e. The van der Waals surface area contributed by atoms with Gasteiger partial charge in [0.25, 0.3) is 16.4 Å². The third kappa shape index (κ3) is 2.16. The number of nitrogens with zero attached hydrogens (tertiary/aromatic N) is 2. The highest BCUT2D eigenvalue weighted by Gasteiger charge is 2.22. The SMILES string of the molecule is NS(=O)(=O)c1nccnc1C(F)F. The monoisotopic (exact) mass is 209 g/mol. The van der Waals surface area contributed by atoms with Gasteiger partial charge in [-0.25, -0.2) is 27.3 Å². The summed E-state index contributed by atoms with van der Waals surface area (Å²) in [5.74, 6) is 0. The fraction of sp³-hybridized carbons (Fsp3) is 0.200. The number of hydrogen-bond acceptors (Lipinski definition) is 4. The number of halogens is 2. The van der Waals surface area contributed by atoms with Crippen molar-refractivity contribution in [2.75, 3.05) is 0 Å². The highest BCUT2D eigenvalue weighted by molar-refractivity contribution is 7.89. The second-order valence-corrected chi connectivity index (χ2v) is 3.57. The summed E-state index contributed by atoms with van der Waals surface area (Å²) in [6, 6.07) is 0. The zero-order valence-electron chi connectivity index (χ0n) is 6.18. The van der Waals surface area contributed by atoms with E-state index in [1.165, 1.54) is 0 Å². The van der Waals surface area contributed by atoms with Crippen LogP contribution in [0.25, 0.3) is 0 Å². The van der Waals surface area contributed by atoms with Crippen LogP contribution in [-0.4, -0.2) is 18.4 Å². The van der Waals surface area contributed by atoms with Crippen LogP contribution in [0.4, 0.5) is 8.78 Å². The molecule has 0 saturated heterocycles. The summed E-state index contributed by atoms with van der Waals surface area (Å²) in [6.07, 6.45) is -1.07. The highest BCUT2D eigenvalue weighted by Crippen LogP contribution is 2.20. The quantitative estimate of drug-likeness (QED) is 0.746. The van der Waals surface area contributed by atoms with E-state index in [-0.39, 0.29) is 0 Å². The van der Waals surface area contributed by atoms with Crippen LogP contribution in [0.3, 0.4) is 0 Å². The third-order valence-corrected chi connectivity index (χ3v) is 2.02. The molecular formula is C5H5F2N3O2S. The van der Waals surface area contributed by atoms with E-state index in [0.717, 1.165) is 12.4 Å². The molecule has 1 aromatic heterocycles. The van der Waals surface area contributed by atoms with Gasteiger partial charge in [-0.1, -0.05) is 0 Å². The molecule has 0 bridgehead atoms. The zero-order chi connectivity index (χ0) is 10.1. The summed E-state index contributed by atoms with van der Waals surface area (Å²) in [7, 11) is -4.23. The molecule has 0 amide bonds. The van der Waals surface area contributed by atoms with Gasteiger partial charge in [0.15, 0.2) is 5.03 Å². The summed E-state index contributed by atoms with van der Waals surface area (Å²) >= 11 is 0. The van der Waals surface area contributed by atoms with Gasteiger partial charge in [-0.05, 0) is 0 Å². The zero-order valence-corrected chi connectivity index (χ0v) is 7.00. The molecule has 1 heterocycles. The number of aromatic nitrogens is 2. The van der Waals surface area contributed by atoms with Gasteiger partial charge in [-0.2, -0.15) is 0 Å². The van der Waals surface area contributed by atoms with Crippen LogP contribution in [0, 0.1) is 0 Å². The van der Waals surface area contributed by atoms with Crippen LogP contribution in [0.5, 0.6) is 0 Å². The molecule has 1 rings (SSSR count).